The molecule has 10 nitrogen and oxygen atoms in total. The summed E-state index contributed by atoms with van der Waals surface area (Å²) < 4.78 is 61.1. The summed E-state index contributed by atoms with van der Waals surface area (Å²) in [5, 5.41) is 11.8. The average molecular weight is 595 g/mol. The number of nitrogens with zero attached hydrogens (tertiary/aromatic N) is 6. The molecule has 42 heavy (non-hydrogen) atoms. The number of alkyl halides is 3. The van der Waals surface area contributed by atoms with E-state index >= 15 is 0 Å². The Hall–Kier alpha value is -5.05. The van der Waals surface area contributed by atoms with Gasteiger partial charge in [0.25, 0.3) is 11.8 Å². The number of fused-ring (bicyclic) bond motifs is 1. The number of para-hydroxylation sites is 1. The zero-order valence-electron chi connectivity index (χ0n) is 21.5. The Bertz CT molecular complexity index is 1800. The van der Waals surface area contributed by atoms with Gasteiger partial charge >= 0.3 is 12.2 Å². The number of aryl methyl sites for hydroxylation is 1. The first kappa shape index (κ1) is 27.1. The number of halogens is 4. The maximum Gasteiger partial charge on any atom is 0.443 e. The summed E-state index contributed by atoms with van der Waals surface area (Å²) in [6.07, 6.45) is -2.76. The molecule has 0 aliphatic carbocycles. The van der Waals surface area contributed by atoms with Crippen LogP contribution in [0.2, 0.25) is 0 Å². The number of aromatic nitrogens is 5. The molecule has 1 aliphatic heterocycles. The van der Waals surface area contributed by atoms with E-state index in [1.54, 1.807) is 36.4 Å². The van der Waals surface area contributed by atoms with Crippen LogP contribution < -0.4 is 10.6 Å². The first-order chi connectivity index (χ1) is 20.2. The standard InChI is InChI=1S/C27H18F4N8O2S/c1-2-17-32-11-14(12-33-17)21-20(36-25(42-21)27(29,30)31)24-38-39-26(41-24)37-22-23(40)35-19-15(9-6-10-16(19)28)18(34-22)13-7-4-3-5-8-13/h3-12,22H,2H2,1H3,(H,35,40)(H,37,39)/t22-/m1/s1. The lowest BCUT2D eigenvalue weighted by Gasteiger charge is -2.11. The molecule has 0 spiro atoms. The third kappa shape index (κ3) is 5.21. The molecule has 6 rings (SSSR count). The lowest BCUT2D eigenvalue weighted by molar-refractivity contribution is -0.137. The van der Waals surface area contributed by atoms with E-state index in [2.05, 4.69) is 40.8 Å². The summed E-state index contributed by atoms with van der Waals surface area (Å²) in [4.78, 5) is 29.7. The van der Waals surface area contributed by atoms with Crippen LogP contribution in [0.3, 0.4) is 0 Å². The van der Waals surface area contributed by atoms with Crippen molar-refractivity contribution in [2.45, 2.75) is 25.7 Å². The van der Waals surface area contributed by atoms with Crippen LogP contribution in [0.15, 0.2) is 70.3 Å². The van der Waals surface area contributed by atoms with Gasteiger partial charge in [0.2, 0.25) is 6.17 Å². The Balaban J connectivity index is 1.37. The molecule has 0 fully saturated rings. The van der Waals surface area contributed by atoms with Crippen molar-refractivity contribution in [2.24, 2.45) is 4.99 Å². The first-order valence-corrected chi connectivity index (χ1v) is 13.3. The molecule has 2 aromatic carbocycles. The molecular formula is C27H18F4N8O2S. The van der Waals surface area contributed by atoms with E-state index in [4.69, 9.17) is 4.42 Å². The van der Waals surface area contributed by atoms with Crippen molar-refractivity contribution < 1.29 is 26.8 Å². The number of benzene rings is 2. The van der Waals surface area contributed by atoms with Gasteiger partial charge in [-0.2, -0.15) is 13.2 Å². The van der Waals surface area contributed by atoms with E-state index in [0.717, 1.165) is 0 Å². The number of benzodiazepines with no additional fused rings is 1. The van der Waals surface area contributed by atoms with Crippen LogP contribution in [0.4, 0.5) is 29.3 Å². The SMILES string of the molecule is CCc1ncc(-c2sc(C(F)(F)F)nc2-c2nnc(N[C@H]3N=C(c4ccccc4)c4cccc(F)c4NC3=O)o2)cn1. The highest BCUT2D eigenvalue weighted by molar-refractivity contribution is 7.15. The summed E-state index contributed by atoms with van der Waals surface area (Å²) in [5.41, 5.74) is 1.28. The van der Waals surface area contributed by atoms with E-state index in [1.165, 1.54) is 24.5 Å². The molecule has 0 saturated heterocycles. The van der Waals surface area contributed by atoms with Crippen LogP contribution in [0.5, 0.6) is 0 Å². The average Bonchev–Trinajstić information content (AvgIpc) is 3.61. The minimum absolute atomic E-state index is 0.0521. The Morgan fingerprint density at radius 1 is 1.02 bits per heavy atom. The van der Waals surface area contributed by atoms with E-state index in [0.29, 0.717) is 40.4 Å². The molecule has 3 aromatic heterocycles. The highest BCUT2D eigenvalue weighted by Gasteiger charge is 2.38. The lowest BCUT2D eigenvalue weighted by Crippen LogP contribution is -2.32. The monoisotopic (exact) mass is 594 g/mol. The summed E-state index contributed by atoms with van der Waals surface area (Å²) in [7, 11) is 0. The third-order valence-electron chi connectivity index (χ3n) is 6.11. The fourth-order valence-electron chi connectivity index (χ4n) is 4.15. The van der Waals surface area contributed by atoms with Crippen LogP contribution in [0, 0.1) is 5.82 Å². The molecule has 0 bridgehead atoms. The quantitative estimate of drug-likeness (QED) is 0.243. The number of thiazole rings is 1. The fourth-order valence-corrected chi connectivity index (χ4v) is 5.05. The van der Waals surface area contributed by atoms with Crippen LogP contribution in [0.25, 0.3) is 22.0 Å². The maximum absolute atomic E-state index is 14.7. The molecule has 2 N–H and O–H groups in total. The molecule has 1 amide bonds. The van der Waals surface area contributed by atoms with Gasteiger partial charge in [-0.3, -0.25) is 4.79 Å². The maximum atomic E-state index is 14.7. The van der Waals surface area contributed by atoms with Crippen LogP contribution in [0.1, 0.15) is 28.9 Å². The predicted octanol–water partition coefficient (Wildman–Crippen LogP) is 5.60. The summed E-state index contributed by atoms with van der Waals surface area (Å²) in [6, 6.07) is 12.9. The number of anilines is 2. The molecule has 15 heteroatoms. The summed E-state index contributed by atoms with van der Waals surface area (Å²) >= 11 is 0.382. The van der Waals surface area contributed by atoms with Crippen molar-refractivity contribution in [1.29, 1.82) is 0 Å². The molecule has 0 unspecified atom stereocenters. The van der Waals surface area contributed by atoms with Crippen LogP contribution in [-0.4, -0.2) is 42.9 Å². The van der Waals surface area contributed by atoms with Gasteiger partial charge in [0.15, 0.2) is 5.01 Å². The minimum Gasteiger partial charge on any atom is -0.402 e. The van der Waals surface area contributed by atoms with Gasteiger partial charge in [-0.15, -0.1) is 16.4 Å². The van der Waals surface area contributed by atoms with Gasteiger partial charge in [-0.25, -0.2) is 24.3 Å². The molecule has 212 valence electrons. The van der Waals surface area contributed by atoms with Gasteiger partial charge in [0, 0.05) is 35.5 Å². The second-order valence-electron chi connectivity index (χ2n) is 8.89. The molecule has 5 aromatic rings. The number of carbonyl (C=O) groups is 1. The molecule has 1 atom stereocenters. The number of aliphatic imine (C=N–C) groups is 1. The first-order valence-electron chi connectivity index (χ1n) is 12.4. The number of amides is 1. The Labute approximate surface area is 238 Å². The van der Waals surface area contributed by atoms with Crippen LogP contribution >= 0.6 is 11.3 Å². The van der Waals surface area contributed by atoms with Gasteiger partial charge in [-0.1, -0.05) is 54.5 Å². The number of nitrogens with one attached hydrogen (secondary N) is 2. The number of rotatable bonds is 6. The number of hydrogen-bond acceptors (Lipinski definition) is 10. The molecular weight excluding hydrogens is 576 g/mol. The third-order valence-corrected chi connectivity index (χ3v) is 7.26. The second-order valence-corrected chi connectivity index (χ2v) is 9.89. The smallest absolute Gasteiger partial charge is 0.402 e. The van der Waals surface area contributed by atoms with Gasteiger partial charge in [0.1, 0.15) is 17.3 Å². The van der Waals surface area contributed by atoms with Crippen molar-refractivity contribution in [2.75, 3.05) is 10.6 Å². The van der Waals surface area contributed by atoms with Crippen molar-refractivity contribution in [1.82, 2.24) is 25.1 Å². The number of hydrogen-bond donors (Lipinski definition) is 2. The van der Waals surface area contributed by atoms with Gasteiger partial charge in [0.05, 0.1) is 16.3 Å². The van der Waals surface area contributed by atoms with Crippen molar-refractivity contribution in [3.8, 4) is 22.0 Å². The normalized spacial score (nSPS) is 15.0. The Morgan fingerprint density at radius 3 is 2.50 bits per heavy atom. The van der Waals surface area contributed by atoms with E-state index in [9.17, 15) is 22.4 Å². The Kier molecular flexibility index (Phi) is 6.94. The second kappa shape index (κ2) is 10.7. The number of carbonyl (C=O) groups excluding carboxylic acids is 1. The van der Waals surface area contributed by atoms with Crippen LogP contribution in [-0.2, 0) is 17.4 Å². The summed E-state index contributed by atoms with van der Waals surface area (Å²) in [6.45, 7) is 1.85. The zero-order chi connectivity index (χ0) is 29.4. The molecule has 0 saturated carbocycles. The minimum atomic E-state index is -4.73. The van der Waals surface area contributed by atoms with Crippen molar-refractivity contribution in [3.63, 3.8) is 0 Å². The Morgan fingerprint density at radius 2 is 1.79 bits per heavy atom. The molecule has 1 aliphatic rings. The molecule has 0 radical (unpaired) electrons. The van der Waals surface area contributed by atoms with E-state index < -0.39 is 29.1 Å². The highest BCUT2D eigenvalue weighted by Crippen LogP contribution is 2.42. The van der Waals surface area contributed by atoms with Crippen molar-refractivity contribution >= 4 is 34.7 Å². The van der Waals surface area contributed by atoms with Gasteiger partial charge in [-0.05, 0) is 6.07 Å². The predicted molar refractivity (Wildman–Crippen MR) is 145 cm³/mol. The van der Waals surface area contributed by atoms with Crippen molar-refractivity contribution in [3.05, 3.63) is 88.7 Å². The topological polar surface area (TPSA) is 131 Å². The van der Waals surface area contributed by atoms with E-state index in [1.807, 2.05) is 6.92 Å². The highest BCUT2D eigenvalue weighted by atomic mass is 32.1. The summed E-state index contributed by atoms with van der Waals surface area (Å²) in [5.74, 6) is -1.20. The largest absolute Gasteiger partial charge is 0.443 e. The zero-order valence-corrected chi connectivity index (χ0v) is 22.3. The van der Waals surface area contributed by atoms with E-state index in [-0.39, 0.29) is 33.7 Å². The fraction of sp³-hybridized carbons (Fsp3) is 0.148. The molecule has 4 heterocycles. The lowest BCUT2D eigenvalue weighted by atomic mass is 10.0. The van der Waals surface area contributed by atoms with Gasteiger partial charge < -0.3 is 15.1 Å².